The van der Waals surface area contributed by atoms with E-state index in [4.69, 9.17) is 10.5 Å². The molecule has 14 heavy (non-hydrogen) atoms. The van der Waals surface area contributed by atoms with Crippen LogP contribution in [0.3, 0.4) is 0 Å². The minimum atomic E-state index is -0.501. The van der Waals surface area contributed by atoms with Crippen molar-refractivity contribution in [3.05, 3.63) is 0 Å². The fourth-order valence-electron chi connectivity index (χ4n) is 0.575. The van der Waals surface area contributed by atoms with Crippen molar-refractivity contribution in [3.8, 4) is 0 Å². The van der Waals surface area contributed by atoms with Crippen LogP contribution in [0.2, 0.25) is 0 Å². The summed E-state index contributed by atoms with van der Waals surface area (Å²) in [6.45, 7) is 9.60. The summed E-state index contributed by atoms with van der Waals surface area (Å²) in [6, 6.07) is 0. The highest BCUT2D eigenvalue weighted by Crippen LogP contribution is 2.06. The molecule has 0 bridgehead atoms. The van der Waals surface area contributed by atoms with E-state index < -0.39 is 11.7 Å². The third kappa shape index (κ3) is 6.68. The van der Waals surface area contributed by atoms with E-state index >= 15 is 0 Å². The number of carbonyl (C=O) groups excluding carboxylic acids is 1. The highest BCUT2D eigenvalue weighted by atomic mass is 16.6. The van der Waals surface area contributed by atoms with Crippen LogP contribution < -0.4 is 16.6 Å². The van der Waals surface area contributed by atoms with Crippen LogP contribution in [0.15, 0.2) is 0 Å². The van der Waals surface area contributed by atoms with Gasteiger partial charge in [0.05, 0.1) is 0 Å². The number of hydrogen-bond acceptors (Lipinski definition) is 4. The predicted octanol–water partition coefficient (Wildman–Crippen LogP) is 0.753. The molecule has 1 amide bonds. The summed E-state index contributed by atoms with van der Waals surface area (Å²) in [7, 11) is 0. The van der Waals surface area contributed by atoms with Gasteiger partial charge in [-0.2, -0.15) is 0 Å². The van der Waals surface area contributed by atoms with Crippen LogP contribution in [0.4, 0.5) is 4.79 Å². The standard InChI is InChI=1S/C9H21N3O2/c1-8(2,3)14-7(13)11-12-9(4,5)6-10/h12H,6,10H2,1-5H3,(H,11,13). The van der Waals surface area contributed by atoms with Crippen LogP contribution in [0.5, 0.6) is 0 Å². The van der Waals surface area contributed by atoms with Crippen molar-refractivity contribution in [1.82, 2.24) is 10.9 Å². The van der Waals surface area contributed by atoms with Crippen molar-refractivity contribution < 1.29 is 9.53 Å². The topological polar surface area (TPSA) is 76.4 Å². The molecule has 0 heterocycles. The van der Waals surface area contributed by atoms with Gasteiger partial charge in [-0.25, -0.2) is 10.2 Å². The maximum Gasteiger partial charge on any atom is 0.422 e. The van der Waals surface area contributed by atoms with E-state index in [-0.39, 0.29) is 5.54 Å². The number of nitrogens with two attached hydrogens (primary N) is 1. The minimum absolute atomic E-state index is 0.336. The summed E-state index contributed by atoms with van der Waals surface area (Å²) >= 11 is 0. The third-order valence-corrected chi connectivity index (χ3v) is 1.41. The molecule has 0 aromatic rings. The molecule has 0 spiro atoms. The minimum Gasteiger partial charge on any atom is -0.443 e. The van der Waals surface area contributed by atoms with Crippen molar-refractivity contribution in [3.63, 3.8) is 0 Å². The maximum absolute atomic E-state index is 11.2. The molecular formula is C9H21N3O2. The predicted molar refractivity (Wildman–Crippen MR) is 55.6 cm³/mol. The van der Waals surface area contributed by atoms with Crippen molar-refractivity contribution >= 4 is 6.09 Å². The lowest BCUT2D eigenvalue weighted by Crippen LogP contribution is -2.55. The van der Waals surface area contributed by atoms with E-state index in [9.17, 15) is 4.79 Å². The lowest BCUT2D eigenvalue weighted by atomic mass is 10.1. The highest BCUT2D eigenvalue weighted by Gasteiger charge is 2.19. The van der Waals surface area contributed by atoms with E-state index in [1.54, 1.807) is 20.8 Å². The smallest absolute Gasteiger partial charge is 0.422 e. The molecule has 0 saturated carbocycles. The fourth-order valence-corrected chi connectivity index (χ4v) is 0.575. The average molecular weight is 203 g/mol. The molecule has 0 saturated heterocycles. The molecule has 84 valence electrons. The summed E-state index contributed by atoms with van der Waals surface area (Å²) < 4.78 is 5.02. The summed E-state index contributed by atoms with van der Waals surface area (Å²) in [4.78, 5) is 11.2. The third-order valence-electron chi connectivity index (χ3n) is 1.41. The molecule has 0 unspecified atom stereocenters. The van der Waals surface area contributed by atoms with Gasteiger partial charge >= 0.3 is 6.09 Å². The summed E-state index contributed by atoms with van der Waals surface area (Å²) in [5.41, 5.74) is 9.86. The first kappa shape index (κ1) is 13.2. The molecule has 0 aliphatic carbocycles. The molecule has 0 aliphatic rings. The van der Waals surface area contributed by atoms with Crippen LogP contribution in [-0.4, -0.2) is 23.8 Å². The highest BCUT2D eigenvalue weighted by molar-refractivity contribution is 5.67. The van der Waals surface area contributed by atoms with Gasteiger partial charge in [-0.1, -0.05) is 0 Å². The molecule has 0 rings (SSSR count). The Labute approximate surface area is 85.3 Å². The molecule has 0 aliphatic heterocycles. The van der Waals surface area contributed by atoms with Gasteiger partial charge in [0.1, 0.15) is 5.60 Å². The van der Waals surface area contributed by atoms with Crippen LogP contribution in [0.25, 0.3) is 0 Å². The van der Waals surface area contributed by atoms with Gasteiger partial charge in [-0.15, -0.1) is 0 Å². The van der Waals surface area contributed by atoms with Gasteiger partial charge < -0.3 is 10.5 Å². The van der Waals surface area contributed by atoms with Crippen molar-refractivity contribution in [2.45, 2.75) is 45.8 Å². The SMILES string of the molecule is CC(C)(CN)NNC(=O)OC(C)(C)C. The Balaban J connectivity index is 3.87. The summed E-state index contributed by atoms with van der Waals surface area (Å²) in [6.07, 6.45) is -0.501. The number of carbonyl (C=O) groups is 1. The zero-order chi connectivity index (χ0) is 11.4. The number of rotatable bonds is 3. The quantitative estimate of drug-likeness (QED) is 0.592. The molecule has 5 nitrogen and oxygen atoms in total. The number of nitrogens with one attached hydrogen (secondary N) is 2. The Bertz CT molecular complexity index is 197. The monoisotopic (exact) mass is 203 g/mol. The van der Waals surface area contributed by atoms with Crippen LogP contribution >= 0.6 is 0 Å². The average Bonchev–Trinajstić information content (AvgIpc) is 1.98. The van der Waals surface area contributed by atoms with E-state index in [1.807, 2.05) is 13.8 Å². The van der Waals surface area contributed by atoms with Gasteiger partial charge in [-0.3, -0.25) is 5.43 Å². The first-order valence-corrected chi connectivity index (χ1v) is 4.62. The number of amides is 1. The molecule has 4 N–H and O–H groups in total. The van der Waals surface area contributed by atoms with Crippen LogP contribution in [-0.2, 0) is 4.74 Å². The van der Waals surface area contributed by atoms with E-state index in [0.29, 0.717) is 6.54 Å². The van der Waals surface area contributed by atoms with Crippen molar-refractivity contribution in [2.24, 2.45) is 5.73 Å². The van der Waals surface area contributed by atoms with Crippen LogP contribution in [0, 0.1) is 0 Å². The second-order valence-electron chi connectivity index (χ2n) is 4.84. The largest absolute Gasteiger partial charge is 0.443 e. The zero-order valence-electron chi connectivity index (χ0n) is 9.60. The Morgan fingerprint density at radius 1 is 1.29 bits per heavy atom. The van der Waals surface area contributed by atoms with E-state index in [1.165, 1.54) is 0 Å². The molecule has 0 aromatic carbocycles. The Morgan fingerprint density at radius 2 is 1.79 bits per heavy atom. The maximum atomic E-state index is 11.2. The van der Waals surface area contributed by atoms with Gasteiger partial charge in [-0.05, 0) is 34.6 Å². The van der Waals surface area contributed by atoms with Gasteiger partial charge in [0.2, 0.25) is 0 Å². The molecule has 0 fully saturated rings. The lowest BCUT2D eigenvalue weighted by Gasteiger charge is -2.26. The molecule has 0 radical (unpaired) electrons. The summed E-state index contributed by atoms with van der Waals surface area (Å²) in [5.74, 6) is 0. The van der Waals surface area contributed by atoms with Crippen molar-refractivity contribution in [1.29, 1.82) is 0 Å². The van der Waals surface area contributed by atoms with Gasteiger partial charge in [0, 0.05) is 12.1 Å². The number of hydrogen-bond donors (Lipinski definition) is 3. The molecule has 0 aromatic heterocycles. The normalized spacial score (nSPS) is 12.4. The first-order chi connectivity index (χ1) is 6.16. The second-order valence-corrected chi connectivity index (χ2v) is 4.84. The van der Waals surface area contributed by atoms with E-state index in [2.05, 4.69) is 10.9 Å². The van der Waals surface area contributed by atoms with E-state index in [0.717, 1.165) is 0 Å². The summed E-state index contributed by atoms with van der Waals surface area (Å²) in [5, 5.41) is 0. The zero-order valence-corrected chi connectivity index (χ0v) is 9.60. The van der Waals surface area contributed by atoms with Crippen molar-refractivity contribution in [2.75, 3.05) is 6.54 Å². The van der Waals surface area contributed by atoms with Gasteiger partial charge in [0.25, 0.3) is 0 Å². The second kappa shape index (κ2) is 4.61. The molecule has 0 atom stereocenters. The molecular weight excluding hydrogens is 182 g/mol. The first-order valence-electron chi connectivity index (χ1n) is 4.62. The van der Waals surface area contributed by atoms with Gasteiger partial charge in [0.15, 0.2) is 0 Å². The number of hydrazine groups is 1. The Hall–Kier alpha value is -0.810. The van der Waals surface area contributed by atoms with Crippen LogP contribution in [0.1, 0.15) is 34.6 Å². The lowest BCUT2D eigenvalue weighted by molar-refractivity contribution is 0.0473. The number of ether oxygens (including phenoxy) is 1. The fraction of sp³-hybridized carbons (Fsp3) is 0.889. The Kier molecular flexibility index (Phi) is 4.35. The Morgan fingerprint density at radius 3 is 2.14 bits per heavy atom. The molecule has 5 heteroatoms.